The molecule has 1 aliphatic rings. The van der Waals surface area contributed by atoms with Crippen molar-refractivity contribution in [3.05, 3.63) is 0 Å². The Kier molecular flexibility index (Phi) is 4.95. The first-order valence-corrected chi connectivity index (χ1v) is 6.58. The fourth-order valence-corrected chi connectivity index (χ4v) is 2.50. The summed E-state index contributed by atoms with van der Waals surface area (Å²) < 4.78 is 5.56. The third kappa shape index (κ3) is 3.68. The fraction of sp³-hybridized carbons (Fsp3) is 0.923. The Bertz CT molecular complexity index is 258. The van der Waals surface area contributed by atoms with Crippen LogP contribution in [0.1, 0.15) is 46.5 Å². The number of carbonyl (C=O) groups excluding carboxylic acids is 1. The van der Waals surface area contributed by atoms with Crippen LogP contribution in [0, 0.1) is 5.41 Å². The van der Waals surface area contributed by atoms with Gasteiger partial charge in [0.2, 0.25) is 5.91 Å². The molecular weight excluding hydrogens is 216 g/mol. The minimum atomic E-state index is -0.317. The summed E-state index contributed by atoms with van der Waals surface area (Å²) in [4.78, 5) is 12.2. The summed E-state index contributed by atoms with van der Waals surface area (Å²) in [5, 5.41) is 3.00. The van der Waals surface area contributed by atoms with Gasteiger partial charge in [0.15, 0.2) is 0 Å². The van der Waals surface area contributed by atoms with E-state index in [1.54, 1.807) is 0 Å². The van der Waals surface area contributed by atoms with Gasteiger partial charge >= 0.3 is 0 Å². The number of hydrogen-bond donors (Lipinski definition) is 2. The van der Waals surface area contributed by atoms with Crippen molar-refractivity contribution in [3.63, 3.8) is 0 Å². The van der Waals surface area contributed by atoms with Crippen LogP contribution >= 0.6 is 0 Å². The molecule has 4 nitrogen and oxygen atoms in total. The van der Waals surface area contributed by atoms with Crippen molar-refractivity contribution >= 4 is 5.91 Å². The summed E-state index contributed by atoms with van der Waals surface area (Å²) in [7, 11) is 0. The van der Waals surface area contributed by atoms with E-state index >= 15 is 0 Å². The molecule has 3 N–H and O–H groups in total. The summed E-state index contributed by atoms with van der Waals surface area (Å²) in [6.07, 6.45) is 4.06. The van der Waals surface area contributed by atoms with Crippen LogP contribution < -0.4 is 11.1 Å². The smallest absolute Gasteiger partial charge is 0.227 e. The zero-order valence-corrected chi connectivity index (χ0v) is 11.3. The molecule has 0 aromatic carbocycles. The predicted octanol–water partition coefficient (Wildman–Crippen LogP) is 1.44. The molecule has 1 amide bonds. The summed E-state index contributed by atoms with van der Waals surface area (Å²) in [6.45, 7) is 7.59. The van der Waals surface area contributed by atoms with E-state index in [4.69, 9.17) is 10.5 Å². The topological polar surface area (TPSA) is 64.3 Å². The number of amides is 1. The largest absolute Gasteiger partial charge is 0.374 e. The molecule has 0 aromatic heterocycles. The van der Waals surface area contributed by atoms with Crippen LogP contribution in [-0.2, 0) is 9.53 Å². The number of hydrogen-bond acceptors (Lipinski definition) is 3. The Morgan fingerprint density at radius 2 is 2.00 bits per heavy atom. The lowest BCUT2D eigenvalue weighted by Gasteiger charge is -2.30. The predicted molar refractivity (Wildman–Crippen MR) is 68.7 cm³/mol. The highest BCUT2D eigenvalue weighted by Crippen LogP contribution is 2.37. The normalized spacial score (nSPS) is 19.3. The van der Waals surface area contributed by atoms with E-state index in [1.165, 1.54) is 0 Å². The zero-order valence-electron chi connectivity index (χ0n) is 11.3. The lowest BCUT2D eigenvalue weighted by atomic mass is 9.85. The van der Waals surface area contributed by atoms with Crippen molar-refractivity contribution in [3.8, 4) is 0 Å². The minimum absolute atomic E-state index is 0.102. The Morgan fingerprint density at radius 1 is 1.41 bits per heavy atom. The maximum atomic E-state index is 12.2. The van der Waals surface area contributed by atoms with Crippen LogP contribution in [0.2, 0.25) is 0 Å². The number of nitrogens with one attached hydrogen (secondary N) is 1. The number of carbonyl (C=O) groups is 1. The average molecular weight is 242 g/mol. The fourth-order valence-electron chi connectivity index (χ4n) is 2.50. The van der Waals surface area contributed by atoms with E-state index in [2.05, 4.69) is 5.32 Å². The molecule has 0 spiro atoms. The summed E-state index contributed by atoms with van der Waals surface area (Å²) >= 11 is 0. The highest BCUT2D eigenvalue weighted by Gasteiger charge is 2.40. The summed E-state index contributed by atoms with van der Waals surface area (Å²) in [5.74, 6) is 0.102. The van der Waals surface area contributed by atoms with Gasteiger partial charge < -0.3 is 15.8 Å². The third-order valence-electron chi connectivity index (χ3n) is 3.64. The van der Waals surface area contributed by atoms with Crippen molar-refractivity contribution in [1.29, 1.82) is 0 Å². The van der Waals surface area contributed by atoms with E-state index < -0.39 is 0 Å². The molecule has 17 heavy (non-hydrogen) atoms. The highest BCUT2D eigenvalue weighted by atomic mass is 16.5. The molecule has 1 rings (SSSR count). The van der Waals surface area contributed by atoms with Crippen molar-refractivity contribution in [1.82, 2.24) is 5.32 Å². The maximum absolute atomic E-state index is 12.2. The molecule has 0 bridgehead atoms. The molecule has 1 fully saturated rings. The van der Waals surface area contributed by atoms with Crippen molar-refractivity contribution in [2.75, 3.05) is 19.7 Å². The molecular formula is C13H26N2O2. The first-order valence-electron chi connectivity index (χ1n) is 6.58. The molecule has 0 unspecified atom stereocenters. The molecule has 0 radical (unpaired) electrons. The van der Waals surface area contributed by atoms with Gasteiger partial charge in [-0.2, -0.15) is 0 Å². The van der Waals surface area contributed by atoms with Gasteiger partial charge in [-0.15, -0.1) is 0 Å². The molecule has 1 aliphatic carbocycles. The number of rotatable bonds is 6. The quantitative estimate of drug-likeness (QED) is 0.740. The van der Waals surface area contributed by atoms with Crippen LogP contribution in [0.4, 0.5) is 0 Å². The van der Waals surface area contributed by atoms with E-state index in [9.17, 15) is 4.79 Å². The van der Waals surface area contributed by atoms with Gasteiger partial charge in [0.25, 0.3) is 0 Å². The Labute approximate surface area is 104 Å². The van der Waals surface area contributed by atoms with Crippen LogP contribution in [-0.4, -0.2) is 31.2 Å². The third-order valence-corrected chi connectivity index (χ3v) is 3.64. The molecule has 100 valence electrons. The SMILES string of the molecule is CCOC(C)(C)CNC(=O)C1(CN)CCCC1. The van der Waals surface area contributed by atoms with Crippen LogP contribution in [0.3, 0.4) is 0 Å². The van der Waals surface area contributed by atoms with Crippen LogP contribution in [0.5, 0.6) is 0 Å². The number of nitrogens with two attached hydrogens (primary N) is 1. The van der Waals surface area contributed by atoms with Gasteiger partial charge in [-0.05, 0) is 33.6 Å². The van der Waals surface area contributed by atoms with Gasteiger partial charge in [-0.25, -0.2) is 0 Å². The summed E-state index contributed by atoms with van der Waals surface area (Å²) in [5.41, 5.74) is 5.15. The summed E-state index contributed by atoms with van der Waals surface area (Å²) in [6, 6.07) is 0. The molecule has 1 saturated carbocycles. The van der Waals surface area contributed by atoms with E-state index in [1.807, 2.05) is 20.8 Å². The Balaban J connectivity index is 2.48. The van der Waals surface area contributed by atoms with Gasteiger partial charge in [-0.3, -0.25) is 4.79 Å². The second kappa shape index (κ2) is 5.83. The standard InChI is InChI=1S/C13H26N2O2/c1-4-17-12(2,3)10-15-11(16)13(9-14)7-5-6-8-13/h4-10,14H2,1-3H3,(H,15,16). The lowest BCUT2D eigenvalue weighted by molar-refractivity contribution is -0.131. The van der Waals surface area contributed by atoms with Crippen LogP contribution in [0.25, 0.3) is 0 Å². The van der Waals surface area contributed by atoms with Crippen molar-refractivity contribution < 1.29 is 9.53 Å². The molecule has 4 heteroatoms. The maximum Gasteiger partial charge on any atom is 0.227 e. The molecule has 0 saturated heterocycles. The first-order chi connectivity index (χ1) is 7.96. The average Bonchev–Trinajstić information content (AvgIpc) is 2.75. The van der Waals surface area contributed by atoms with Gasteiger partial charge in [0.05, 0.1) is 11.0 Å². The van der Waals surface area contributed by atoms with Gasteiger partial charge in [0, 0.05) is 19.7 Å². The van der Waals surface area contributed by atoms with Crippen molar-refractivity contribution in [2.24, 2.45) is 11.1 Å². The van der Waals surface area contributed by atoms with Crippen molar-refractivity contribution in [2.45, 2.75) is 52.1 Å². The molecule has 0 aliphatic heterocycles. The van der Waals surface area contributed by atoms with Gasteiger partial charge in [-0.1, -0.05) is 12.8 Å². The van der Waals surface area contributed by atoms with Crippen LogP contribution in [0.15, 0.2) is 0 Å². The lowest BCUT2D eigenvalue weighted by Crippen LogP contribution is -2.49. The van der Waals surface area contributed by atoms with Gasteiger partial charge in [0.1, 0.15) is 0 Å². The monoisotopic (exact) mass is 242 g/mol. The second-order valence-electron chi connectivity index (χ2n) is 5.57. The first kappa shape index (κ1) is 14.5. The molecule has 0 atom stereocenters. The van der Waals surface area contributed by atoms with E-state index in [0.717, 1.165) is 25.7 Å². The molecule has 0 heterocycles. The number of ether oxygens (including phenoxy) is 1. The molecule has 0 aromatic rings. The van der Waals surface area contributed by atoms with E-state index in [0.29, 0.717) is 19.7 Å². The Hall–Kier alpha value is -0.610. The highest BCUT2D eigenvalue weighted by molar-refractivity contribution is 5.83. The minimum Gasteiger partial charge on any atom is -0.374 e. The Morgan fingerprint density at radius 3 is 2.47 bits per heavy atom. The van der Waals surface area contributed by atoms with E-state index in [-0.39, 0.29) is 16.9 Å². The second-order valence-corrected chi connectivity index (χ2v) is 5.57. The zero-order chi connectivity index (χ0) is 12.9.